The van der Waals surface area contributed by atoms with Gasteiger partial charge in [-0.1, -0.05) is 129 Å². The van der Waals surface area contributed by atoms with E-state index in [1.807, 2.05) is 0 Å². The molecule has 0 aromatic heterocycles. The van der Waals surface area contributed by atoms with Crippen molar-refractivity contribution in [2.75, 3.05) is 0 Å². The molecule has 14 nitrogen and oxygen atoms in total. The van der Waals surface area contributed by atoms with Crippen molar-refractivity contribution in [3.63, 3.8) is 0 Å². The topological polar surface area (TPSA) is 242 Å². The quantitative estimate of drug-likeness (QED) is 0.0157. The van der Waals surface area contributed by atoms with Gasteiger partial charge < -0.3 is 20.4 Å². The molecule has 0 bridgehead atoms. The molecule has 0 aliphatic heterocycles. The number of carboxylic acid groups (broad SMARTS) is 1. The van der Waals surface area contributed by atoms with Crippen LogP contribution in [0.1, 0.15) is 194 Å². The molecule has 4 atom stereocenters. The van der Waals surface area contributed by atoms with Gasteiger partial charge >= 0.3 is 11.9 Å². The number of aliphatic hydroxyl groups is 3. The van der Waals surface area contributed by atoms with Crippen LogP contribution >= 0.6 is 0 Å². The summed E-state index contributed by atoms with van der Waals surface area (Å²) in [5.74, 6) is -1.70. The standard InChI is InChI=1S/C36H70O14S2/c1-3-5-7-9-13-19-25-31(37)35(41,51(43,44)45)29-23-17-12-16-22-28-34(40)50-49-32(26-20-14-10-8-6-4-2)36(42,52(46,47)48)30-24-18-11-15-21-27-33(38)39/h31-32,37,41-42H,3-30H2,1-2H3,(H,38,39)(H,43,44,45)(H,46,47,48). The molecule has 0 saturated heterocycles. The average Bonchev–Trinajstić information content (AvgIpc) is 3.06. The molecule has 0 amide bonds. The molecule has 4 unspecified atom stereocenters. The number of aliphatic carboxylic acids is 1. The Morgan fingerprint density at radius 3 is 1.40 bits per heavy atom. The highest BCUT2D eigenvalue weighted by Gasteiger charge is 2.50. The average molecular weight is 791 g/mol. The lowest BCUT2D eigenvalue weighted by molar-refractivity contribution is -0.318. The zero-order chi connectivity index (χ0) is 39.5. The second-order valence-corrected chi connectivity index (χ2v) is 17.6. The van der Waals surface area contributed by atoms with E-state index in [0.29, 0.717) is 64.2 Å². The highest BCUT2D eigenvalue weighted by atomic mass is 32.2. The Kier molecular flexibility index (Phi) is 27.3. The molecule has 0 aromatic carbocycles. The van der Waals surface area contributed by atoms with Gasteiger partial charge in [0.25, 0.3) is 20.2 Å². The van der Waals surface area contributed by atoms with Crippen LogP contribution in [-0.4, -0.2) is 80.4 Å². The Morgan fingerprint density at radius 2 is 0.942 bits per heavy atom. The first-order valence-electron chi connectivity index (χ1n) is 19.6. The molecule has 0 aromatic rings. The SMILES string of the molecule is CCCCCCCCC(O)C(O)(CCCCCCCC(=O)OOC(CCCCCCCC)C(O)(CCCCCCCC(=O)O)S(=O)(=O)O)S(=O)(=O)O. The number of carboxylic acids is 1. The monoisotopic (exact) mass is 790 g/mol. The molecule has 0 saturated carbocycles. The summed E-state index contributed by atoms with van der Waals surface area (Å²) in [6.07, 6.45) is 11.1. The van der Waals surface area contributed by atoms with Gasteiger partial charge in [-0.25, -0.2) is 4.79 Å². The summed E-state index contributed by atoms with van der Waals surface area (Å²) in [6.45, 7) is 4.17. The molecule has 0 heterocycles. The van der Waals surface area contributed by atoms with Crippen LogP contribution in [0, 0.1) is 0 Å². The summed E-state index contributed by atoms with van der Waals surface area (Å²) in [4.78, 5) is 28.0. The molecule has 6 N–H and O–H groups in total. The third-order valence-electron chi connectivity index (χ3n) is 9.67. The van der Waals surface area contributed by atoms with E-state index in [1.165, 1.54) is 0 Å². The highest BCUT2D eigenvalue weighted by molar-refractivity contribution is 7.87. The van der Waals surface area contributed by atoms with E-state index in [1.54, 1.807) is 0 Å². The largest absolute Gasteiger partial charge is 0.481 e. The van der Waals surface area contributed by atoms with Gasteiger partial charge in [-0.15, -0.1) is 0 Å². The van der Waals surface area contributed by atoms with Gasteiger partial charge in [-0.05, 0) is 51.4 Å². The first-order valence-corrected chi connectivity index (χ1v) is 22.5. The maximum absolute atomic E-state index is 12.5. The molecule has 0 radical (unpaired) electrons. The smallest absolute Gasteiger partial charge is 0.342 e. The van der Waals surface area contributed by atoms with Gasteiger partial charge in [0, 0.05) is 12.8 Å². The van der Waals surface area contributed by atoms with Gasteiger partial charge in [0.1, 0.15) is 0 Å². The summed E-state index contributed by atoms with van der Waals surface area (Å²) < 4.78 is 68.5. The second-order valence-electron chi connectivity index (χ2n) is 14.2. The summed E-state index contributed by atoms with van der Waals surface area (Å²) in [7, 11) is -10.0. The van der Waals surface area contributed by atoms with Crippen molar-refractivity contribution in [1.29, 1.82) is 0 Å². The Labute approximate surface area is 312 Å². The molecular formula is C36H70O14S2. The predicted octanol–water partition coefficient (Wildman–Crippen LogP) is 7.39. The summed E-state index contributed by atoms with van der Waals surface area (Å²) in [5.41, 5.74) is 0. The molecule has 310 valence electrons. The second kappa shape index (κ2) is 28.1. The Hall–Kier alpha value is -1.40. The van der Waals surface area contributed by atoms with Crippen molar-refractivity contribution in [2.45, 2.75) is 216 Å². The van der Waals surface area contributed by atoms with E-state index in [-0.39, 0.29) is 51.4 Å². The number of unbranched alkanes of at least 4 members (excludes halogenated alkanes) is 18. The molecule has 0 fully saturated rings. The minimum absolute atomic E-state index is 0.0118. The zero-order valence-electron chi connectivity index (χ0n) is 31.7. The van der Waals surface area contributed by atoms with Crippen molar-refractivity contribution >= 4 is 32.2 Å². The van der Waals surface area contributed by atoms with Crippen LogP contribution in [0.5, 0.6) is 0 Å². The normalized spacial score (nSPS) is 15.8. The van der Waals surface area contributed by atoms with E-state index in [2.05, 4.69) is 13.8 Å². The number of carbonyl (C=O) groups excluding carboxylic acids is 1. The van der Waals surface area contributed by atoms with Crippen molar-refractivity contribution < 1.29 is 65.7 Å². The van der Waals surface area contributed by atoms with Gasteiger partial charge in [0.15, 0.2) is 6.10 Å². The maximum atomic E-state index is 12.5. The Balaban J connectivity index is 4.98. The van der Waals surface area contributed by atoms with Crippen LogP contribution < -0.4 is 0 Å². The van der Waals surface area contributed by atoms with Crippen LogP contribution in [-0.2, 0) is 39.6 Å². The van der Waals surface area contributed by atoms with Crippen LogP contribution in [0.3, 0.4) is 0 Å². The van der Waals surface area contributed by atoms with Crippen LogP contribution in [0.2, 0.25) is 0 Å². The lowest BCUT2D eigenvalue weighted by Crippen LogP contribution is -2.50. The van der Waals surface area contributed by atoms with Crippen molar-refractivity contribution in [3.8, 4) is 0 Å². The minimum atomic E-state index is -5.06. The lowest BCUT2D eigenvalue weighted by Gasteiger charge is -2.32. The van der Waals surface area contributed by atoms with Gasteiger partial charge in [-0.3, -0.25) is 18.8 Å². The maximum Gasteiger partial charge on any atom is 0.342 e. The molecule has 16 heteroatoms. The van der Waals surface area contributed by atoms with E-state index in [4.69, 9.17) is 14.9 Å². The minimum Gasteiger partial charge on any atom is -0.481 e. The van der Waals surface area contributed by atoms with Gasteiger partial charge in [0.2, 0.25) is 9.87 Å². The Bertz CT molecular complexity index is 1160. The van der Waals surface area contributed by atoms with Crippen LogP contribution in [0.25, 0.3) is 0 Å². The molecule has 0 aliphatic carbocycles. The number of hydrogen-bond donors (Lipinski definition) is 6. The van der Waals surface area contributed by atoms with Crippen LogP contribution in [0.4, 0.5) is 0 Å². The van der Waals surface area contributed by atoms with Crippen molar-refractivity contribution in [1.82, 2.24) is 0 Å². The van der Waals surface area contributed by atoms with E-state index >= 15 is 0 Å². The number of carbonyl (C=O) groups is 2. The molecule has 0 aliphatic rings. The van der Waals surface area contributed by atoms with E-state index in [0.717, 1.165) is 64.2 Å². The highest BCUT2D eigenvalue weighted by Crippen LogP contribution is 2.32. The third-order valence-corrected chi connectivity index (χ3v) is 12.4. The number of hydrogen-bond acceptors (Lipinski definition) is 11. The van der Waals surface area contributed by atoms with Crippen LogP contribution in [0.15, 0.2) is 0 Å². The van der Waals surface area contributed by atoms with Gasteiger partial charge in [0.05, 0.1) is 6.10 Å². The third kappa shape index (κ3) is 21.5. The zero-order valence-corrected chi connectivity index (χ0v) is 33.4. The summed E-state index contributed by atoms with van der Waals surface area (Å²) in [6, 6.07) is 0. The fourth-order valence-electron chi connectivity index (χ4n) is 6.24. The van der Waals surface area contributed by atoms with Crippen molar-refractivity contribution in [3.05, 3.63) is 0 Å². The fraction of sp³-hybridized carbons (Fsp3) is 0.944. The Morgan fingerprint density at radius 1 is 0.558 bits per heavy atom. The van der Waals surface area contributed by atoms with Gasteiger partial charge in [-0.2, -0.15) is 21.7 Å². The van der Waals surface area contributed by atoms with E-state index in [9.17, 15) is 50.8 Å². The van der Waals surface area contributed by atoms with E-state index < -0.39 is 54.2 Å². The first-order chi connectivity index (χ1) is 24.5. The number of aliphatic hydroxyl groups excluding tert-OH is 1. The number of rotatable bonds is 36. The summed E-state index contributed by atoms with van der Waals surface area (Å²) in [5, 5.41) is 41.2. The van der Waals surface area contributed by atoms with Crippen molar-refractivity contribution in [2.24, 2.45) is 0 Å². The summed E-state index contributed by atoms with van der Waals surface area (Å²) >= 11 is 0. The molecular weight excluding hydrogens is 721 g/mol. The molecule has 52 heavy (non-hydrogen) atoms. The predicted molar refractivity (Wildman–Crippen MR) is 198 cm³/mol. The first kappa shape index (κ1) is 50.6. The lowest BCUT2D eigenvalue weighted by atomic mass is 9.99. The fourth-order valence-corrected chi connectivity index (χ4v) is 8.00. The molecule has 0 rings (SSSR count). The molecule has 0 spiro atoms.